The van der Waals surface area contributed by atoms with Crippen molar-refractivity contribution in [3.63, 3.8) is 0 Å². The molecule has 0 spiro atoms. The molecule has 0 saturated carbocycles. The molecule has 0 N–H and O–H groups in total. The highest BCUT2D eigenvalue weighted by atomic mass is 35.5. The van der Waals surface area contributed by atoms with Crippen molar-refractivity contribution in [2.45, 2.75) is 12.5 Å². The number of alkyl halides is 1. The maximum Gasteiger partial charge on any atom is 0.0797 e. The van der Waals surface area contributed by atoms with Crippen molar-refractivity contribution in [3.05, 3.63) is 58.1 Å². The number of benzene rings is 1. The summed E-state index contributed by atoms with van der Waals surface area (Å²) in [7, 11) is 0. The second kappa shape index (κ2) is 7.31. The fraction of sp³-hybridized carbons (Fsp3) is 0.214. The van der Waals surface area contributed by atoms with Gasteiger partial charge in [-0.15, -0.1) is 22.9 Å². The third kappa shape index (κ3) is 4.26. The molecule has 0 atom stereocenters. The SMILES string of the molecule is ClCc1cccc(COC/C=C\c2cncs2)c1. The normalized spacial score (nSPS) is 11.2. The van der Waals surface area contributed by atoms with E-state index in [-0.39, 0.29) is 0 Å². The Kier molecular flexibility index (Phi) is 5.39. The van der Waals surface area contributed by atoms with E-state index < -0.39 is 0 Å². The average molecular weight is 280 g/mol. The van der Waals surface area contributed by atoms with Gasteiger partial charge in [0, 0.05) is 17.0 Å². The number of hydrogen-bond acceptors (Lipinski definition) is 3. The molecule has 0 bridgehead atoms. The van der Waals surface area contributed by atoms with Crippen LogP contribution in [0.25, 0.3) is 6.08 Å². The van der Waals surface area contributed by atoms with Crippen LogP contribution in [0.5, 0.6) is 0 Å². The van der Waals surface area contributed by atoms with Crippen LogP contribution >= 0.6 is 22.9 Å². The van der Waals surface area contributed by atoms with Crippen molar-refractivity contribution >= 4 is 29.0 Å². The van der Waals surface area contributed by atoms with Crippen molar-refractivity contribution < 1.29 is 4.74 Å². The zero-order valence-corrected chi connectivity index (χ0v) is 11.5. The van der Waals surface area contributed by atoms with E-state index in [0.29, 0.717) is 19.1 Å². The zero-order valence-electron chi connectivity index (χ0n) is 9.88. The highest BCUT2D eigenvalue weighted by Crippen LogP contribution is 2.10. The Hall–Kier alpha value is -1.16. The zero-order chi connectivity index (χ0) is 12.6. The summed E-state index contributed by atoms with van der Waals surface area (Å²) in [5, 5.41) is 0. The molecule has 0 fully saturated rings. The van der Waals surface area contributed by atoms with Gasteiger partial charge in [-0.25, -0.2) is 0 Å². The molecule has 1 heterocycles. The van der Waals surface area contributed by atoms with Gasteiger partial charge >= 0.3 is 0 Å². The summed E-state index contributed by atoms with van der Waals surface area (Å²) >= 11 is 7.40. The highest BCUT2D eigenvalue weighted by molar-refractivity contribution is 7.10. The van der Waals surface area contributed by atoms with E-state index in [1.807, 2.05) is 42.1 Å². The molecule has 2 aromatic rings. The van der Waals surface area contributed by atoms with Gasteiger partial charge in [0.15, 0.2) is 0 Å². The van der Waals surface area contributed by atoms with Gasteiger partial charge in [0.2, 0.25) is 0 Å². The average Bonchev–Trinajstić information content (AvgIpc) is 2.92. The van der Waals surface area contributed by atoms with Gasteiger partial charge in [0.25, 0.3) is 0 Å². The Balaban J connectivity index is 1.75. The summed E-state index contributed by atoms with van der Waals surface area (Å²) in [4.78, 5) is 5.14. The molecule has 0 amide bonds. The fourth-order valence-corrected chi connectivity index (χ4v) is 2.23. The first kappa shape index (κ1) is 13.3. The summed E-state index contributed by atoms with van der Waals surface area (Å²) < 4.78 is 5.57. The second-order valence-corrected chi connectivity index (χ2v) is 4.96. The summed E-state index contributed by atoms with van der Waals surface area (Å²) in [6, 6.07) is 8.13. The van der Waals surface area contributed by atoms with Gasteiger partial charge in [-0.05, 0) is 17.2 Å². The van der Waals surface area contributed by atoms with Gasteiger partial charge in [-0.2, -0.15) is 0 Å². The van der Waals surface area contributed by atoms with Crippen LogP contribution in [0.4, 0.5) is 0 Å². The maximum absolute atomic E-state index is 5.78. The molecule has 1 aromatic carbocycles. The van der Waals surface area contributed by atoms with E-state index in [2.05, 4.69) is 11.1 Å². The van der Waals surface area contributed by atoms with Crippen LogP contribution in [-0.2, 0) is 17.2 Å². The van der Waals surface area contributed by atoms with E-state index in [1.54, 1.807) is 11.3 Å². The van der Waals surface area contributed by atoms with Crippen molar-refractivity contribution in [2.75, 3.05) is 6.61 Å². The maximum atomic E-state index is 5.78. The molecular weight excluding hydrogens is 266 g/mol. The lowest BCUT2D eigenvalue weighted by Gasteiger charge is -2.03. The molecule has 0 saturated heterocycles. The first-order valence-electron chi connectivity index (χ1n) is 5.65. The molecule has 0 radical (unpaired) electrons. The minimum absolute atomic E-state index is 0.541. The molecule has 0 aliphatic carbocycles. The van der Waals surface area contributed by atoms with E-state index in [0.717, 1.165) is 16.0 Å². The molecule has 94 valence electrons. The number of ether oxygens (including phenoxy) is 1. The van der Waals surface area contributed by atoms with Gasteiger partial charge in [-0.3, -0.25) is 4.98 Å². The van der Waals surface area contributed by atoms with Crippen LogP contribution in [0, 0.1) is 0 Å². The van der Waals surface area contributed by atoms with E-state index in [1.165, 1.54) is 0 Å². The van der Waals surface area contributed by atoms with Gasteiger partial charge in [0.05, 0.1) is 18.7 Å². The molecule has 18 heavy (non-hydrogen) atoms. The Morgan fingerprint density at radius 3 is 3.00 bits per heavy atom. The first-order valence-corrected chi connectivity index (χ1v) is 7.06. The highest BCUT2D eigenvalue weighted by Gasteiger charge is 1.95. The number of rotatable bonds is 6. The molecule has 1 aromatic heterocycles. The Morgan fingerprint density at radius 1 is 1.33 bits per heavy atom. The first-order chi connectivity index (χ1) is 8.88. The van der Waals surface area contributed by atoms with Gasteiger partial charge in [0.1, 0.15) is 0 Å². The summed E-state index contributed by atoms with van der Waals surface area (Å²) in [6.07, 6.45) is 5.86. The Bertz CT molecular complexity index is 496. The lowest BCUT2D eigenvalue weighted by molar-refractivity contribution is 0.149. The van der Waals surface area contributed by atoms with E-state index >= 15 is 0 Å². The quantitative estimate of drug-likeness (QED) is 0.586. The fourth-order valence-electron chi connectivity index (χ4n) is 1.52. The standard InChI is InChI=1S/C14H14ClNOS/c15-8-12-3-1-4-13(7-12)10-17-6-2-5-14-9-16-11-18-14/h1-5,7,9,11H,6,8,10H2/b5-2-. The lowest BCUT2D eigenvalue weighted by Crippen LogP contribution is -1.93. The summed E-state index contributed by atoms with van der Waals surface area (Å²) in [6.45, 7) is 1.21. The van der Waals surface area contributed by atoms with Gasteiger partial charge < -0.3 is 4.74 Å². The molecule has 2 rings (SSSR count). The minimum atomic E-state index is 0.541. The van der Waals surface area contributed by atoms with Crippen molar-refractivity contribution in [3.8, 4) is 0 Å². The predicted molar refractivity (Wildman–Crippen MR) is 76.8 cm³/mol. The van der Waals surface area contributed by atoms with Gasteiger partial charge in [-0.1, -0.05) is 30.3 Å². The number of aromatic nitrogens is 1. The van der Waals surface area contributed by atoms with Crippen molar-refractivity contribution in [1.82, 2.24) is 4.98 Å². The number of thiazole rings is 1. The third-order valence-corrected chi connectivity index (χ3v) is 3.41. The smallest absolute Gasteiger partial charge is 0.0797 e. The molecule has 4 heteroatoms. The monoisotopic (exact) mass is 279 g/mol. The molecular formula is C14H14ClNOS. The van der Waals surface area contributed by atoms with E-state index in [4.69, 9.17) is 16.3 Å². The minimum Gasteiger partial charge on any atom is -0.373 e. The van der Waals surface area contributed by atoms with Crippen LogP contribution < -0.4 is 0 Å². The van der Waals surface area contributed by atoms with Crippen molar-refractivity contribution in [2.24, 2.45) is 0 Å². The summed E-state index contributed by atoms with van der Waals surface area (Å²) in [5.41, 5.74) is 4.09. The number of nitrogens with zero attached hydrogens (tertiary/aromatic N) is 1. The van der Waals surface area contributed by atoms with Crippen LogP contribution in [-0.4, -0.2) is 11.6 Å². The van der Waals surface area contributed by atoms with Crippen LogP contribution in [0.15, 0.2) is 42.0 Å². The van der Waals surface area contributed by atoms with Crippen LogP contribution in [0.1, 0.15) is 16.0 Å². The number of hydrogen-bond donors (Lipinski definition) is 0. The molecule has 0 aliphatic heterocycles. The van der Waals surface area contributed by atoms with Crippen LogP contribution in [0.2, 0.25) is 0 Å². The topological polar surface area (TPSA) is 22.1 Å². The Morgan fingerprint density at radius 2 is 2.22 bits per heavy atom. The Labute approximate surface area is 116 Å². The molecule has 0 unspecified atom stereocenters. The molecule has 0 aliphatic rings. The van der Waals surface area contributed by atoms with Crippen LogP contribution in [0.3, 0.4) is 0 Å². The second-order valence-electron chi connectivity index (χ2n) is 3.77. The van der Waals surface area contributed by atoms with Crippen molar-refractivity contribution in [1.29, 1.82) is 0 Å². The molecule has 2 nitrogen and oxygen atoms in total. The largest absolute Gasteiger partial charge is 0.373 e. The predicted octanol–water partition coefficient (Wildman–Crippen LogP) is 4.11. The van der Waals surface area contributed by atoms with E-state index in [9.17, 15) is 0 Å². The summed E-state index contributed by atoms with van der Waals surface area (Å²) in [5.74, 6) is 0.541. The third-order valence-electron chi connectivity index (χ3n) is 2.36. The number of halogens is 1. The lowest BCUT2D eigenvalue weighted by atomic mass is 10.1.